The van der Waals surface area contributed by atoms with Crippen molar-refractivity contribution in [2.24, 2.45) is 0 Å². The summed E-state index contributed by atoms with van der Waals surface area (Å²) in [6, 6.07) is 4.46. The van der Waals surface area contributed by atoms with Crippen molar-refractivity contribution >= 4 is 28.5 Å². The highest BCUT2D eigenvalue weighted by Crippen LogP contribution is 2.34. The summed E-state index contributed by atoms with van der Waals surface area (Å²) in [6.45, 7) is 3.49. The average Bonchev–Trinajstić information content (AvgIpc) is 3.37. The second-order valence-electron chi connectivity index (χ2n) is 8.27. The van der Waals surface area contributed by atoms with Gasteiger partial charge >= 0.3 is 0 Å². The fourth-order valence-electron chi connectivity index (χ4n) is 4.46. The Bertz CT molecular complexity index is 1290. The molecule has 10 nitrogen and oxygen atoms in total. The van der Waals surface area contributed by atoms with E-state index in [0.717, 1.165) is 53.7 Å². The van der Waals surface area contributed by atoms with Crippen molar-refractivity contribution in [1.82, 2.24) is 34.9 Å². The number of rotatable bonds is 5. The number of H-pyrrole nitrogens is 1. The monoisotopic (exact) mass is 434 g/mol. The van der Waals surface area contributed by atoms with Gasteiger partial charge in [-0.3, -0.25) is 9.20 Å². The van der Waals surface area contributed by atoms with Gasteiger partial charge in [-0.15, -0.1) is 10.2 Å². The molecule has 32 heavy (non-hydrogen) atoms. The molecule has 0 aliphatic heterocycles. The molecule has 5 rings (SSSR count). The van der Waals surface area contributed by atoms with E-state index in [-0.39, 0.29) is 18.0 Å². The number of hydrogen-bond acceptors (Lipinski definition) is 7. The summed E-state index contributed by atoms with van der Waals surface area (Å²) in [5.41, 5.74) is 3.45. The zero-order valence-electron chi connectivity index (χ0n) is 18.3. The van der Waals surface area contributed by atoms with E-state index in [9.17, 15) is 4.79 Å². The Labute approximate surface area is 184 Å². The number of aromatic amines is 1. The lowest BCUT2D eigenvalue weighted by molar-refractivity contribution is -0.119. The van der Waals surface area contributed by atoms with Gasteiger partial charge in [-0.1, -0.05) is 0 Å². The summed E-state index contributed by atoms with van der Waals surface area (Å²) in [7, 11) is 1.62. The number of carbonyl (C=O) groups is 1. The van der Waals surface area contributed by atoms with Crippen LogP contribution in [0.25, 0.3) is 27.8 Å². The maximum Gasteiger partial charge on any atom is 0.228 e. The van der Waals surface area contributed by atoms with E-state index in [0.29, 0.717) is 17.5 Å². The molecule has 166 valence electrons. The summed E-state index contributed by atoms with van der Waals surface area (Å²) in [5, 5.41) is 15.6. The topological polar surface area (TPSA) is 122 Å². The van der Waals surface area contributed by atoms with Gasteiger partial charge < -0.3 is 20.4 Å². The number of pyridine rings is 1. The number of hydrogen-bond donors (Lipinski definition) is 3. The molecular weight excluding hydrogens is 408 g/mol. The van der Waals surface area contributed by atoms with Crippen molar-refractivity contribution in [2.75, 3.05) is 12.4 Å². The molecule has 4 heterocycles. The van der Waals surface area contributed by atoms with Crippen LogP contribution in [0.2, 0.25) is 0 Å². The van der Waals surface area contributed by atoms with Crippen molar-refractivity contribution < 1.29 is 9.53 Å². The lowest BCUT2D eigenvalue weighted by Crippen LogP contribution is -2.39. The summed E-state index contributed by atoms with van der Waals surface area (Å²) in [6.07, 6.45) is 7.70. The van der Waals surface area contributed by atoms with E-state index in [4.69, 9.17) is 9.72 Å². The van der Waals surface area contributed by atoms with Gasteiger partial charge in [0.15, 0.2) is 5.65 Å². The Balaban J connectivity index is 1.41. The molecule has 0 radical (unpaired) electrons. The lowest BCUT2D eigenvalue weighted by Gasteiger charge is -2.29. The predicted molar refractivity (Wildman–Crippen MR) is 121 cm³/mol. The number of carbonyl (C=O) groups excluding carboxylic acids is 1. The van der Waals surface area contributed by atoms with Crippen LogP contribution in [-0.4, -0.2) is 54.7 Å². The molecule has 3 N–H and O–H groups in total. The zero-order chi connectivity index (χ0) is 22.2. The fraction of sp³-hybridized carbons (Fsp3) is 0.409. The lowest BCUT2D eigenvalue weighted by atomic mass is 9.91. The van der Waals surface area contributed by atoms with Gasteiger partial charge in [0.05, 0.1) is 12.5 Å². The number of anilines is 1. The molecule has 4 aromatic rings. The summed E-state index contributed by atoms with van der Waals surface area (Å²) < 4.78 is 7.60. The van der Waals surface area contributed by atoms with Crippen LogP contribution < -0.4 is 15.4 Å². The third kappa shape index (κ3) is 3.72. The van der Waals surface area contributed by atoms with Crippen molar-refractivity contribution in [3.63, 3.8) is 0 Å². The normalized spacial score (nSPS) is 18.7. The van der Waals surface area contributed by atoms with Crippen LogP contribution in [0.3, 0.4) is 0 Å². The number of nitrogens with one attached hydrogen (secondary N) is 3. The molecule has 1 amide bonds. The van der Waals surface area contributed by atoms with Crippen molar-refractivity contribution in [2.45, 2.75) is 51.6 Å². The Morgan fingerprint density at radius 3 is 2.69 bits per heavy atom. The Morgan fingerprint density at radius 2 is 1.94 bits per heavy atom. The highest BCUT2D eigenvalue weighted by Gasteiger charge is 2.23. The van der Waals surface area contributed by atoms with Crippen LogP contribution in [0.4, 0.5) is 5.95 Å². The Hall–Kier alpha value is -3.69. The number of nitrogens with zero attached hydrogens (tertiary/aromatic N) is 5. The van der Waals surface area contributed by atoms with Crippen molar-refractivity contribution in [3.8, 4) is 17.0 Å². The molecule has 0 saturated heterocycles. The molecule has 4 aromatic heterocycles. The summed E-state index contributed by atoms with van der Waals surface area (Å²) in [5.74, 6) is 1.91. The second kappa shape index (κ2) is 8.10. The van der Waals surface area contributed by atoms with E-state index >= 15 is 0 Å². The standard InChI is InChI=1S/C22H26N8O2/c1-12-28-29-18-9-4-14(11-30(12)18)17-10-23-20-19(17)21(32-3)27-22(26-20)25-16-7-5-15(6-8-16)24-13(2)31/h4,9-11,15-16H,5-8H2,1-3H3,(H,24,31)(H2,23,25,26,27)/t15-,16+. The smallest absolute Gasteiger partial charge is 0.228 e. The molecule has 0 unspecified atom stereocenters. The first-order valence-electron chi connectivity index (χ1n) is 10.8. The van der Waals surface area contributed by atoms with Crippen LogP contribution in [0, 0.1) is 6.92 Å². The largest absolute Gasteiger partial charge is 0.480 e. The third-order valence-electron chi connectivity index (χ3n) is 6.04. The van der Waals surface area contributed by atoms with Crippen LogP contribution in [0.15, 0.2) is 24.5 Å². The molecule has 0 bridgehead atoms. The van der Waals surface area contributed by atoms with Gasteiger partial charge in [0.2, 0.25) is 17.7 Å². The highest BCUT2D eigenvalue weighted by molar-refractivity contribution is 5.97. The minimum Gasteiger partial charge on any atom is -0.480 e. The van der Waals surface area contributed by atoms with E-state index in [1.54, 1.807) is 14.0 Å². The number of amides is 1. The maximum atomic E-state index is 11.3. The molecule has 1 saturated carbocycles. The SMILES string of the molecule is COc1nc(N[C@H]2CC[C@@H](NC(C)=O)CC2)nc2[nH]cc(-c3ccc4nnc(C)n4c3)c12. The van der Waals surface area contributed by atoms with Crippen LogP contribution in [-0.2, 0) is 4.79 Å². The molecule has 0 atom stereocenters. The van der Waals surface area contributed by atoms with Crippen LogP contribution in [0.5, 0.6) is 5.88 Å². The molecular formula is C22H26N8O2. The van der Waals surface area contributed by atoms with E-state index in [1.807, 2.05) is 35.9 Å². The molecule has 1 aliphatic rings. The van der Waals surface area contributed by atoms with Gasteiger partial charge in [-0.2, -0.15) is 9.97 Å². The number of aromatic nitrogens is 6. The van der Waals surface area contributed by atoms with Gasteiger partial charge in [-0.05, 0) is 44.7 Å². The molecule has 0 spiro atoms. The van der Waals surface area contributed by atoms with Crippen molar-refractivity contribution in [1.29, 1.82) is 0 Å². The highest BCUT2D eigenvalue weighted by atomic mass is 16.5. The fourth-order valence-corrected chi connectivity index (χ4v) is 4.46. The molecule has 1 aliphatic carbocycles. The van der Waals surface area contributed by atoms with Crippen molar-refractivity contribution in [3.05, 3.63) is 30.4 Å². The minimum absolute atomic E-state index is 0.0288. The number of fused-ring (bicyclic) bond motifs is 2. The van der Waals surface area contributed by atoms with E-state index in [1.165, 1.54) is 0 Å². The number of methoxy groups -OCH3 is 1. The molecule has 10 heteroatoms. The minimum atomic E-state index is 0.0288. The Morgan fingerprint density at radius 1 is 1.16 bits per heavy atom. The van der Waals surface area contributed by atoms with Gasteiger partial charge in [0, 0.05) is 42.5 Å². The molecule has 0 aromatic carbocycles. The van der Waals surface area contributed by atoms with Gasteiger partial charge in [0.25, 0.3) is 0 Å². The second-order valence-corrected chi connectivity index (χ2v) is 8.27. The molecule has 1 fully saturated rings. The maximum absolute atomic E-state index is 11.3. The first kappa shape index (κ1) is 20.2. The summed E-state index contributed by atoms with van der Waals surface area (Å²) >= 11 is 0. The van der Waals surface area contributed by atoms with E-state index < -0.39 is 0 Å². The van der Waals surface area contributed by atoms with Gasteiger partial charge in [0.1, 0.15) is 11.5 Å². The predicted octanol–water partition coefficient (Wildman–Crippen LogP) is 2.84. The Kier molecular flexibility index (Phi) is 5.12. The third-order valence-corrected chi connectivity index (χ3v) is 6.04. The van der Waals surface area contributed by atoms with Gasteiger partial charge in [-0.25, -0.2) is 0 Å². The number of aryl methyl sites for hydroxylation is 1. The first-order chi connectivity index (χ1) is 15.5. The quantitative estimate of drug-likeness (QED) is 0.441. The van der Waals surface area contributed by atoms with Crippen LogP contribution in [0.1, 0.15) is 38.4 Å². The average molecular weight is 435 g/mol. The zero-order valence-corrected chi connectivity index (χ0v) is 18.3. The van der Waals surface area contributed by atoms with E-state index in [2.05, 4.69) is 30.8 Å². The summed E-state index contributed by atoms with van der Waals surface area (Å²) in [4.78, 5) is 23.9. The number of ether oxygens (including phenoxy) is 1. The van der Waals surface area contributed by atoms with Crippen LogP contribution >= 0.6 is 0 Å². The first-order valence-corrected chi connectivity index (χ1v) is 10.8.